The van der Waals surface area contributed by atoms with Crippen LogP contribution in [-0.2, 0) is 10.0 Å². The van der Waals surface area contributed by atoms with E-state index in [4.69, 9.17) is 11.6 Å². The maximum absolute atomic E-state index is 12.7. The average Bonchev–Trinajstić information content (AvgIpc) is 2.80. The minimum atomic E-state index is -3.39. The Balaban J connectivity index is 1.23. The first-order chi connectivity index (χ1) is 15.0. The molecular formula is C23H29ClN4O2S. The molecule has 2 aliphatic rings. The van der Waals surface area contributed by atoms with Crippen LogP contribution >= 0.6 is 11.6 Å². The van der Waals surface area contributed by atoms with Gasteiger partial charge in [-0.25, -0.2) is 8.42 Å². The number of piperazine rings is 1. The second-order valence-electron chi connectivity index (χ2n) is 8.23. The van der Waals surface area contributed by atoms with Gasteiger partial charge in [0.15, 0.2) is 0 Å². The van der Waals surface area contributed by atoms with Crippen molar-refractivity contribution in [3.8, 4) is 0 Å². The molecule has 2 saturated heterocycles. The third kappa shape index (κ3) is 6.07. The summed E-state index contributed by atoms with van der Waals surface area (Å²) in [6, 6.07) is 11.3. The molecule has 0 N–H and O–H groups in total. The number of aromatic nitrogens is 1. The SMILES string of the molecule is O=S(=O)(/C=C/c1ccc(Cl)cc1)N1CCC(CN2CCN(c3ccncc3)CC2)CC1. The van der Waals surface area contributed by atoms with Crippen molar-refractivity contribution < 1.29 is 8.42 Å². The number of pyridine rings is 1. The Labute approximate surface area is 190 Å². The number of nitrogens with zero attached hydrogens (tertiary/aromatic N) is 4. The van der Waals surface area contributed by atoms with Crippen LogP contribution in [0, 0.1) is 5.92 Å². The molecule has 1 aromatic heterocycles. The summed E-state index contributed by atoms with van der Waals surface area (Å²) in [4.78, 5) is 9.02. The first kappa shape index (κ1) is 22.3. The lowest BCUT2D eigenvalue weighted by molar-refractivity contribution is 0.176. The van der Waals surface area contributed by atoms with Crippen molar-refractivity contribution >= 4 is 33.4 Å². The minimum absolute atomic E-state index is 0.555. The van der Waals surface area contributed by atoms with Crippen molar-refractivity contribution in [3.05, 3.63) is 64.8 Å². The molecule has 4 rings (SSSR count). The van der Waals surface area contributed by atoms with Crippen LogP contribution in [-0.4, -0.2) is 68.4 Å². The summed E-state index contributed by atoms with van der Waals surface area (Å²) in [5.41, 5.74) is 2.06. The van der Waals surface area contributed by atoms with Crippen molar-refractivity contribution in [2.75, 3.05) is 50.7 Å². The molecule has 0 radical (unpaired) electrons. The Morgan fingerprint density at radius 3 is 2.23 bits per heavy atom. The molecule has 0 unspecified atom stereocenters. The fourth-order valence-electron chi connectivity index (χ4n) is 4.28. The Bertz CT molecular complexity index is 966. The zero-order valence-electron chi connectivity index (χ0n) is 17.6. The molecule has 166 valence electrons. The third-order valence-electron chi connectivity index (χ3n) is 6.15. The minimum Gasteiger partial charge on any atom is -0.369 e. The number of piperidine rings is 1. The number of benzene rings is 1. The largest absolute Gasteiger partial charge is 0.369 e. The monoisotopic (exact) mass is 460 g/mol. The highest BCUT2D eigenvalue weighted by Gasteiger charge is 2.28. The van der Waals surface area contributed by atoms with Gasteiger partial charge in [-0.05, 0) is 54.7 Å². The number of sulfonamides is 1. The predicted octanol–water partition coefficient (Wildman–Crippen LogP) is 3.57. The Morgan fingerprint density at radius 2 is 1.58 bits per heavy atom. The van der Waals surface area contributed by atoms with Crippen LogP contribution in [0.15, 0.2) is 54.2 Å². The molecule has 31 heavy (non-hydrogen) atoms. The van der Waals surface area contributed by atoms with Gasteiger partial charge in [-0.2, -0.15) is 4.31 Å². The molecule has 0 saturated carbocycles. The predicted molar refractivity (Wildman–Crippen MR) is 127 cm³/mol. The molecule has 2 fully saturated rings. The van der Waals surface area contributed by atoms with Crippen LogP contribution in [0.2, 0.25) is 5.02 Å². The fraction of sp³-hybridized carbons (Fsp3) is 0.435. The molecule has 8 heteroatoms. The van der Waals surface area contributed by atoms with E-state index < -0.39 is 10.0 Å². The molecule has 0 aliphatic carbocycles. The fourth-order valence-corrected chi connectivity index (χ4v) is 5.63. The van der Waals surface area contributed by atoms with Gasteiger partial charge >= 0.3 is 0 Å². The molecular weight excluding hydrogens is 432 g/mol. The number of hydrogen-bond acceptors (Lipinski definition) is 5. The van der Waals surface area contributed by atoms with E-state index in [2.05, 4.69) is 26.9 Å². The van der Waals surface area contributed by atoms with Crippen LogP contribution in [0.25, 0.3) is 6.08 Å². The highest BCUT2D eigenvalue weighted by molar-refractivity contribution is 7.92. The third-order valence-corrected chi connectivity index (χ3v) is 7.97. The molecule has 0 bridgehead atoms. The Morgan fingerprint density at radius 1 is 0.935 bits per heavy atom. The maximum atomic E-state index is 12.7. The van der Waals surface area contributed by atoms with E-state index >= 15 is 0 Å². The van der Waals surface area contributed by atoms with Gasteiger partial charge in [0, 0.05) is 74.3 Å². The lowest BCUT2D eigenvalue weighted by atomic mass is 9.97. The van der Waals surface area contributed by atoms with Crippen LogP contribution in [0.3, 0.4) is 0 Å². The summed E-state index contributed by atoms with van der Waals surface area (Å²) in [5, 5.41) is 1.95. The van der Waals surface area contributed by atoms with Crippen molar-refractivity contribution in [2.45, 2.75) is 12.8 Å². The van der Waals surface area contributed by atoms with Gasteiger partial charge in [0.25, 0.3) is 0 Å². The summed E-state index contributed by atoms with van der Waals surface area (Å²) < 4.78 is 27.0. The average molecular weight is 461 g/mol. The Kier molecular flexibility index (Phi) is 7.27. The molecule has 0 atom stereocenters. The van der Waals surface area contributed by atoms with Crippen molar-refractivity contribution in [3.63, 3.8) is 0 Å². The molecule has 0 amide bonds. The first-order valence-corrected chi connectivity index (χ1v) is 12.7. The number of rotatable bonds is 6. The van der Waals surface area contributed by atoms with Crippen molar-refractivity contribution in [1.29, 1.82) is 0 Å². The topological polar surface area (TPSA) is 56.8 Å². The van der Waals surface area contributed by atoms with E-state index in [9.17, 15) is 8.42 Å². The lowest BCUT2D eigenvalue weighted by Crippen LogP contribution is -2.49. The van der Waals surface area contributed by atoms with Gasteiger partial charge < -0.3 is 4.90 Å². The summed E-state index contributed by atoms with van der Waals surface area (Å²) >= 11 is 5.88. The zero-order chi connectivity index (χ0) is 21.7. The summed E-state index contributed by atoms with van der Waals surface area (Å²) in [6.45, 7) is 6.37. The van der Waals surface area contributed by atoms with Crippen molar-refractivity contribution in [2.24, 2.45) is 5.92 Å². The standard InChI is InChI=1S/C23H29ClN4O2S/c24-22-3-1-20(2-4-22)9-18-31(29,30)28-12-7-21(8-13-28)19-26-14-16-27(17-15-26)23-5-10-25-11-6-23/h1-6,9-11,18,21H,7-8,12-17,19H2/b18-9+. The van der Waals surface area contributed by atoms with E-state index in [1.807, 2.05) is 24.5 Å². The van der Waals surface area contributed by atoms with Crippen molar-refractivity contribution in [1.82, 2.24) is 14.2 Å². The first-order valence-electron chi connectivity index (χ1n) is 10.8. The molecule has 2 aliphatic heterocycles. The van der Waals surface area contributed by atoms with Crippen LogP contribution < -0.4 is 4.90 Å². The molecule has 3 heterocycles. The van der Waals surface area contributed by atoms with Crippen LogP contribution in [0.1, 0.15) is 18.4 Å². The van der Waals surface area contributed by atoms with Crippen LogP contribution in [0.5, 0.6) is 0 Å². The highest BCUT2D eigenvalue weighted by atomic mass is 35.5. The van der Waals surface area contributed by atoms with E-state index in [-0.39, 0.29) is 0 Å². The number of hydrogen-bond donors (Lipinski definition) is 0. The quantitative estimate of drug-likeness (QED) is 0.659. The van der Waals surface area contributed by atoms with E-state index in [0.717, 1.165) is 51.1 Å². The normalized spacial score (nSPS) is 19.8. The molecule has 0 spiro atoms. The Hall–Kier alpha value is -1.93. The van der Waals surface area contributed by atoms with Gasteiger partial charge in [0.05, 0.1) is 0 Å². The van der Waals surface area contributed by atoms with Gasteiger partial charge in [-0.3, -0.25) is 9.88 Å². The van der Waals surface area contributed by atoms with E-state index in [1.165, 1.54) is 11.1 Å². The molecule has 1 aromatic carbocycles. The van der Waals surface area contributed by atoms with Crippen LogP contribution in [0.4, 0.5) is 5.69 Å². The van der Waals surface area contributed by atoms with Gasteiger partial charge in [-0.15, -0.1) is 0 Å². The van der Waals surface area contributed by atoms with E-state index in [0.29, 0.717) is 24.0 Å². The van der Waals surface area contributed by atoms with Gasteiger partial charge in [-0.1, -0.05) is 23.7 Å². The van der Waals surface area contributed by atoms with Gasteiger partial charge in [0.2, 0.25) is 10.0 Å². The number of anilines is 1. The second kappa shape index (κ2) is 10.1. The number of halogens is 1. The summed E-state index contributed by atoms with van der Waals surface area (Å²) in [5.74, 6) is 0.555. The second-order valence-corrected chi connectivity index (χ2v) is 10.5. The lowest BCUT2D eigenvalue weighted by Gasteiger charge is -2.39. The molecule has 2 aromatic rings. The van der Waals surface area contributed by atoms with Gasteiger partial charge in [0.1, 0.15) is 0 Å². The smallest absolute Gasteiger partial charge is 0.236 e. The highest BCUT2D eigenvalue weighted by Crippen LogP contribution is 2.23. The molecule has 6 nitrogen and oxygen atoms in total. The summed E-state index contributed by atoms with van der Waals surface area (Å²) in [6.07, 6.45) is 7.15. The zero-order valence-corrected chi connectivity index (χ0v) is 19.2. The maximum Gasteiger partial charge on any atom is 0.236 e. The van der Waals surface area contributed by atoms with E-state index in [1.54, 1.807) is 22.5 Å². The summed E-state index contributed by atoms with van der Waals surface area (Å²) in [7, 11) is -3.39.